The Bertz CT molecular complexity index is 194. The molecule has 15 heavy (non-hydrogen) atoms. The highest BCUT2D eigenvalue weighted by Gasteiger charge is 2.22. The molecule has 3 nitrogen and oxygen atoms in total. The average molecular weight is 212 g/mol. The van der Waals surface area contributed by atoms with Gasteiger partial charge in [0.25, 0.3) is 0 Å². The second kappa shape index (κ2) is 6.83. The minimum atomic E-state index is 0.500. The molecule has 1 aliphatic heterocycles. The van der Waals surface area contributed by atoms with Crippen molar-refractivity contribution in [1.29, 1.82) is 0 Å². The van der Waals surface area contributed by atoms with Crippen molar-refractivity contribution in [2.24, 2.45) is 11.0 Å². The molecule has 1 fully saturated rings. The van der Waals surface area contributed by atoms with E-state index in [2.05, 4.69) is 30.2 Å². The van der Waals surface area contributed by atoms with Crippen LogP contribution in [0.25, 0.3) is 0 Å². The fourth-order valence-corrected chi connectivity index (χ4v) is 2.06. The highest BCUT2D eigenvalue weighted by molar-refractivity contribution is 5.59. The van der Waals surface area contributed by atoms with Gasteiger partial charge in [-0.25, -0.2) is 0 Å². The first kappa shape index (κ1) is 12.5. The third-order valence-electron chi connectivity index (χ3n) is 2.92. The summed E-state index contributed by atoms with van der Waals surface area (Å²) in [6.45, 7) is 6.34. The van der Waals surface area contributed by atoms with Crippen LogP contribution in [-0.4, -0.2) is 37.5 Å². The molecule has 0 radical (unpaired) electrons. The van der Waals surface area contributed by atoms with Gasteiger partial charge in [0.15, 0.2) is 0 Å². The Morgan fingerprint density at radius 1 is 1.60 bits per heavy atom. The summed E-state index contributed by atoms with van der Waals surface area (Å²) >= 11 is 0. The Hall–Kier alpha value is -0.570. The van der Waals surface area contributed by atoms with Gasteiger partial charge in [0, 0.05) is 19.9 Å². The van der Waals surface area contributed by atoms with Crippen molar-refractivity contribution < 1.29 is 4.74 Å². The third-order valence-corrected chi connectivity index (χ3v) is 2.92. The van der Waals surface area contributed by atoms with Crippen LogP contribution in [0.15, 0.2) is 5.10 Å². The molecule has 0 unspecified atom stereocenters. The number of rotatable bonds is 6. The van der Waals surface area contributed by atoms with Gasteiger partial charge < -0.3 is 4.74 Å². The van der Waals surface area contributed by atoms with E-state index in [9.17, 15) is 0 Å². The molecular formula is C12H24N2O. The van der Waals surface area contributed by atoms with E-state index in [0.29, 0.717) is 12.0 Å². The van der Waals surface area contributed by atoms with Crippen LogP contribution >= 0.6 is 0 Å². The first-order chi connectivity index (χ1) is 7.27. The molecule has 1 rings (SSSR count). The summed E-state index contributed by atoms with van der Waals surface area (Å²) in [6, 6.07) is 0.500. The highest BCUT2D eigenvalue weighted by Crippen LogP contribution is 2.17. The van der Waals surface area contributed by atoms with Gasteiger partial charge in [0.2, 0.25) is 0 Å². The molecule has 0 aromatic heterocycles. The van der Waals surface area contributed by atoms with Gasteiger partial charge in [-0.05, 0) is 25.2 Å². The van der Waals surface area contributed by atoms with Crippen molar-refractivity contribution in [2.45, 2.75) is 45.6 Å². The molecule has 1 heterocycles. The molecule has 88 valence electrons. The Labute approximate surface area is 93.5 Å². The van der Waals surface area contributed by atoms with Gasteiger partial charge >= 0.3 is 0 Å². The van der Waals surface area contributed by atoms with Gasteiger partial charge in [-0.15, -0.1) is 0 Å². The number of hydrogen-bond acceptors (Lipinski definition) is 3. The van der Waals surface area contributed by atoms with E-state index in [1.807, 2.05) is 0 Å². The molecule has 0 spiro atoms. The minimum absolute atomic E-state index is 0.500. The lowest BCUT2D eigenvalue weighted by Crippen LogP contribution is -2.28. The molecule has 0 aromatic rings. The first-order valence-electron chi connectivity index (χ1n) is 6.07. The van der Waals surface area contributed by atoms with Gasteiger partial charge in [0.05, 0.1) is 12.6 Å². The summed E-state index contributed by atoms with van der Waals surface area (Å²) in [5, 5.41) is 6.76. The zero-order valence-corrected chi connectivity index (χ0v) is 10.3. The molecule has 0 aromatic carbocycles. The van der Waals surface area contributed by atoms with Crippen molar-refractivity contribution in [3.63, 3.8) is 0 Å². The standard InChI is InChI=1S/C12H24N2O/c1-4-6-11(2)9-13-14-8-5-7-12(14)10-15-3/h9,11-12H,4-8,10H2,1-3H3/b13-9+/t11-,12-/m0/s1. The first-order valence-corrected chi connectivity index (χ1v) is 6.07. The number of methoxy groups -OCH3 is 1. The molecule has 0 saturated carbocycles. The normalized spacial score (nSPS) is 23.9. The monoisotopic (exact) mass is 212 g/mol. The van der Waals surface area contributed by atoms with E-state index < -0.39 is 0 Å². The van der Waals surface area contributed by atoms with E-state index >= 15 is 0 Å². The number of hydrogen-bond donors (Lipinski definition) is 0. The SMILES string of the molecule is CCC[C@H](C)/C=N/N1CCC[C@H]1COC. The zero-order valence-electron chi connectivity index (χ0n) is 10.3. The van der Waals surface area contributed by atoms with Crippen molar-refractivity contribution in [1.82, 2.24) is 5.01 Å². The smallest absolute Gasteiger partial charge is 0.0704 e. The predicted octanol–water partition coefficient (Wildman–Crippen LogP) is 2.52. The maximum Gasteiger partial charge on any atom is 0.0704 e. The molecule has 0 N–H and O–H groups in total. The molecule has 1 aliphatic rings. The van der Waals surface area contributed by atoms with Crippen LogP contribution in [0.4, 0.5) is 0 Å². The van der Waals surface area contributed by atoms with Crippen LogP contribution in [0.1, 0.15) is 39.5 Å². The van der Waals surface area contributed by atoms with Gasteiger partial charge in [0.1, 0.15) is 0 Å². The Kier molecular flexibility index (Phi) is 5.69. The van der Waals surface area contributed by atoms with Crippen LogP contribution < -0.4 is 0 Å². The van der Waals surface area contributed by atoms with Crippen molar-refractivity contribution in [2.75, 3.05) is 20.3 Å². The van der Waals surface area contributed by atoms with Crippen LogP contribution in [0.5, 0.6) is 0 Å². The summed E-state index contributed by atoms with van der Waals surface area (Å²) in [4.78, 5) is 0. The highest BCUT2D eigenvalue weighted by atomic mass is 16.5. The molecule has 2 atom stereocenters. The van der Waals surface area contributed by atoms with Crippen LogP contribution in [0.2, 0.25) is 0 Å². The topological polar surface area (TPSA) is 24.8 Å². The van der Waals surface area contributed by atoms with E-state index in [0.717, 1.165) is 13.2 Å². The fraction of sp³-hybridized carbons (Fsp3) is 0.917. The van der Waals surface area contributed by atoms with Gasteiger partial charge in [-0.3, -0.25) is 5.01 Å². The zero-order chi connectivity index (χ0) is 11.1. The van der Waals surface area contributed by atoms with E-state index in [1.165, 1.54) is 25.7 Å². The number of hydrazone groups is 1. The second-order valence-corrected chi connectivity index (χ2v) is 4.44. The Morgan fingerprint density at radius 3 is 3.07 bits per heavy atom. The Balaban J connectivity index is 2.35. The molecule has 0 bridgehead atoms. The summed E-state index contributed by atoms with van der Waals surface area (Å²) in [7, 11) is 1.76. The number of ether oxygens (including phenoxy) is 1. The molecule has 1 saturated heterocycles. The largest absolute Gasteiger partial charge is 0.382 e. The fourth-order valence-electron chi connectivity index (χ4n) is 2.06. The maximum absolute atomic E-state index is 5.19. The van der Waals surface area contributed by atoms with Crippen molar-refractivity contribution in [3.8, 4) is 0 Å². The summed E-state index contributed by atoms with van der Waals surface area (Å²) in [5.41, 5.74) is 0. The summed E-state index contributed by atoms with van der Waals surface area (Å²) in [6.07, 6.45) is 7.01. The maximum atomic E-state index is 5.19. The van der Waals surface area contributed by atoms with Crippen LogP contribution in [-0.2, 0) is 4.74 Å². The summed E-state index contributed by atoms with van der Waals surface area (Å²) in [5.74, 6) is 0.596. The van der Waals surface area contributed by atoms with Crippen LogP contribution in [0.3, 0.4) is 0 Å². The van der Waals surface area contributed by atoms with Gasteiger partial charge in [-0.1, -0.05) is 20.3 Å². The quantitative estimate of drug-likeness (QED) is 0.632. The van der Waals surface area contributed by atoms with Crippen LogP contribution in [0, 0.1) is 5.92 Å². The lowest BCUT2D eigenvalue weighted by atomic mass is 10.1. The predicted molar refractivity (Wildman–Crippen MR) is 64.2 cm³/mol. The Morgan fingerprint density at radius 2 is 2.40 bits per heavy atom. The molecular weight excluding hydrogens is 188 g/mol. The number of nitrogens with zero attached hydrogens (tertiary/aromatic N) is 2. The van der Waals surface area contributed by atoms with Crippen molar-refractivity contribution in [3.05, 3.63) is 0 Å². The van der Waals surface area contributed by atoms with E-state index in [1.54, 1.807) is 7.11 Å². The summed E-state index contributed by atoms with van der Waals surface area (Å²) < 4.78 is 5.19. The van der Waals surface area contributed by atoms with Gasteiger partial charge in [-0.2, -0.15) is 5.10 Å². The van der Waals surface area contributed by atoms with Crippen molar-refractivity contribution >= 4 is 6.21 Å². The molecule has 0 amide bonds. The molecule has 3 heteroatoms. The molecule has 0 aliphatic carbocycles. The minimum Gasteiger partial charge on any atom is -0.382 e. The second-order valence-electron chi connectivity index (χ2n) is 4.44. The van der Waals surface area contributed by atoms with E-state index in [4.69, 9.17) is 4.74 Å². The lowest BCUT2D eigenvalue weighted by Gasteiger charge is -2.20. The van der Waals surface area contributed by atoms with E-state index in [-0.39, 0.29) is 0 Å². The lowest BCUT2D eigenvalue weighted by molar-refractivity contribution is 0.118. The third kappa shape index (κ3) is 4.20. The average Bonchev–Trinajstić information content (AvgIpc) is 2.64.